The van der Waals surface area contributed by atoms with Crippen LogP contribution >= 0.6 is 22.9 Å². The average Bonchev–Trinajstić information content (AvgIpc) is 2.58. The molecule has 14 heavy (non-hydrogen) atoms. The summed E-state index contributed by atoms with van der Waals surface area (Å²) in [5.41, 5.74) is 1.31. The summed E-state index contributed by atoms with van der Waals surface area (Å²) in [4.78, 5) is 11.1. The Labute approximate surface area is 92.3 Å². The van der Waals surface area contributed by atoms with Gasteiger partial charge >= 0.3 is 0 Å². The number of piperidine rings is 1. The average molecular weight is 230 g/mol. The maximum Gasteiger partial charge on any atom is 0.220 e. The lowest BCUT2D eigenvalue weighted by atomic mass is 9.78. The Balaban J connectivity index is 2.20. The number of hydrogen-bond donors (Lipinski definition) is 1. The quantitative estimate of drug-likeness (QED) is 0.788. The Bertz CT molecular complexity index is 351. The van der Waals surface area contributed by atoms with Crippen molar-refractivity contribution in [1.82, 2.24) is 5.32 Å². The molecule has 0 radical (unpaired) electrons. The standard InChI is InChI=1S/C10H12ClNOS/c1-10(3-2-9(13)12-6-10)7-4-8(11)14-5-7/h4-5H,2-3,6H2,1H3,(H,12,13). The first kappa shape index (κ1) is 9.99. The summed E-state index contributed by atoms with van der Waals surface area (Å²) in [5.74, 6) is 0.156. The fourth-order valence-electron chi connectivity index (χ4n) is 1.73. The van der Waals surface area contributed by atoms with Crippen LogP contribution in [0.2, 0.25) is 4.34 Å². The van der Waals surface area contributed by atoms with Gasteiger partial charge in [0, 0.05) is 18.4 Å². The SMILES string of the molecule is CC1(c2csc(Cl)c2)CCC(=O)NC1. The minimum atomic E-state index is 0.0670. The monoisotopic (exact) mass is 229 g/mol. The topological polar surface area (TPSA) is 29.1 Å². The minimum Gasteiger partial charge on any atom is -0.355 e. The molecule has 4 heteroatoms. The van der Waals surface area contributed by atoms with E-state index in [0.29, 0.717) is 6.42 Å². The second kappa shape index (κ2) is 3.55. The van der Waals surface area contributed by atoms with Crippen LogP contribution in [0.5, 0.6) is 0 Å². The lowest BCUT2D eigenvalue weighted by molar-refractivity contribution is -0.123. The molecule has 1 aliphatic heterocycles. The van der Waals surface area contributed by atoms with E-state index >= 15 is 0 Å². The van der Waals surface area contributed by atoms with Crippen LogP contribution in [0, 0.1) is 0 Å². The molecule has 1 unspecified atom stereocenters. The van der Waals surface area contributed by atoms with Gasteiger partial charge in [-0.3, -0.25) is 4.79 Å². The van der Waals surface area contributed by atoms with Gasteiger partial charge in [0.1, 0.15) is 0 Å². The van der Waals surface area contributed by atoms with Crippen molar-refractivity contribution in [2.45, 2.75) is 25.2 Å². The number of hydrogen-bond acceptors (Lipinski definition) is 2. The number of nitrogens with one attached hydrogen (secondary N) is 1. The van der Waals surface area contributed by atoms with Crippen LogP contribution in [-0.2, 0) is 10.2 Å². The first-order valence-electron chi connectivity index (χ1n) is 4.61. The molecule has 0 aromatic carbocycles. The van der Waals surface area contributed by atoms with Crippen LogP contribution in [0.3, 0.4) is 0 Å². The molecule has 1 fully saturated rings. The Morgan fingerprint density at radius 2 is 2.43 bits per heavy atom. The molecule has 1 atom stereocenters. The molecule has 0 spiro atoms. The molecular formula is C10H12ClNOS. The number of thiophene rings is 1. The smallest absolute Gasteiger partial charge is 0.220 e. The molecule has 1 aliphatic rings. The zero-order valence-corrected chi connectivity index (χ0v) is 9.54. The van der Waals surface area contributed by atoms with Crippen molar-refractivity contribution in [3.8, 4) is 0 Å². The first-order valence-corrected chi connectivity index (χ1v) is 5.87. The van der Waals surface area contributed by atoms with Crippen molar-refractivity contribution in [2.75, 3.05) is 6.54 Å². The lowest BCUT2D eigenvalue weighted by Gasteiger charge is -2.33. The molecule has 1 saturated heterocycles. The van der Waals surface area contributed by atoms with Crippen LogP contribution in [0.25, 0.3) is 0 Å². The number of carbonyl (C=O) groups is 1. The van der Waals surface area contributed by atoms with Crippen molar-refractivity contribution < 1.29 is 4.79 Å². The van der Waals surface area contributed by atoms with E-state index in [0.717, 1.165) is 17.3 Å². The lowest BCUT2D eigenvalue weighted by Crippen LogP contribution is -2.44. The minimum absolute atomic E-state index is 0.0670. The van der Waals surface area contributed by atoms with Gasteiger partial charge in [-0.2, -0.15) is 0 Å². The highest BCUT2D eigenvalue weighted by Crippen LogP contribution is 2.35. The summed E-state index contributed by atoms with van der Waals surface area (Å²) in [7, 11) is 0. The Kier molecular flexibility index (Phi) is 2.54. The Morgan fingerprint density at radius 3 is 2.93 bits per heavy atom. The van der Waals surface area contributed by atoms with Gasteiger partial charge < -0.3 is 5.32 Å². The van der Waals surface area contributed by atoms with E-state index in [1.54, 1.807) is 11.3 Å². The summed E-state index contributed by atoms with van der Waals surface area (Å²) < 4.78 is 0.818. The molecule has 2 nitrogen and oxygen atoms in total. The van der Waals surface area contributed by atoms with Gasteiger partial charge in [0.2, 0.25) is 5.91 Å². The van der Waals surface area contributed by atoms with Gasteiger partial charge in [-0.05, 0) is 23.4 Å². The van der Waals surface area contributed by atoms with Crippen molar-refractivity contribution >= 4 is 28.8 Å². The van der Waals surface area contributed by atoms with Gasteiger partial charge in [0.15, 0.2) is 0 Å². The van der Waals surface area contributed by atoms with Crippen LogP contribution in [-0.4, -0.2) is 12.5 Å². The summed E-state index contributed by atoms with van der Waals surface area (Å²) >= 11 is 7.45. The molecule has 2 rings (SSSR count). The number of halogens is 1. The van der Waals surface area contributed by atoms with Crippen LogP contribution in [0.15, 0.2) is 11.4 Å². The molecule has 1 aromatic heterocycles. The Morgan fingerprint density at radius 1 is 1.64 bits per heavy atom. The molecule has 2 heterocycles. The van der Waals surface area contributed by atoms with E-state index in [1.807, 2.05) is 6.07 Å². The fourth-order valence-corrected chi connectivity index (χ4v) is 2.77. The van der Waals surface area contributed by atoms with Crippen molar-refractivity contribution in [3.05, 3.63) is 21.3 Å². The van der Waals surface area contributed by atoms with Gasteiger partial charge in [-0.25, -0.2) is 0 Å². The van der Waals surface area contributed by atoms with E-state index in [9.17, 15) is 4.79 Å². The molecule has 1 amide bonds. The highest BCUT2D eigenvalue weighted by molar-refractivity contribution is 7.14. The third-order valence-electron chi connectivity index (χ3n) is 2.84. The fraction of sp³-hybridized carbons (Fsp3) is 0.500. The molecule has 0 bridgehead atoms. The zero-order chi connectivity index (χ0) is 10.2. The van der Waals surface area contributed by atoms with E-state index in [2.05, 4.69) is 17.6 Å². The van der Waals surface area contributed by atoms with Gasteiger partial charge in [0.05, 0.1) is 4.34 Å². The maximum atomic E-state index is 11.1. The van der Waals surface area contributed by atoms with Gasteiger partial charge in [-0.1, -0.05) is 18.5 Å². The highest BCUT2D eigenvalue weighted by Gasteiger charge is 2.32. The van der Waals surface area contributed by atoms with Crippen molar-refractivity contribution in [2.24, 2.45) is 0 Å². The van der Waals surface area contributed by atoms with E-state index in [1.165, 1.54) is 5.56 Å². The predicted molar refractivity (Wildman–Crippen MR) is 58.9 cm³/mol. The maximum absolute atomic E-state index is 11.1. The summed E-state index contributed by atoms with van der Waals surface area (Å²) in [6.07, 6.45) is 1.52. The van der Waals surface area contributed by atoms with Crippen molar-refractivity contribution in [1.29, 1.82) is 0 Å². The molecule has 0 aliphatic carbocycles. The largest absolute Gasteiger partial charge is 0.355 e. The van der Waals surface area contributed by atoms with Gasteiger partial charge in [-0.15, -0.1) is 11.3 Å². The third-order valence-corrected chi connectivity index (χ3v) is 3.94. The van der Waals surface area contributed by atoms with Crippen LogP contribution in [0.4, 0.5) is 0 Å². The Hall–Kier alpha value is -0.540. The zero-order valence-electron chi connectivity index (χ0n) is 7.97. The highest BCUT2D eigenvalue weighted by atomic mass is 35.5. The summed E-state index contributed by atoms with van der Waals surface area (Å²) in [6.45, 7) is 2.89. The van der Waals surface area contributed by atoms with Crippen LogP contribution in [0.1, 0.15) is 25.3 Å². The second-order valence-electron chi connectivity index (χ2n) is 3.98. The predicted octanol–water partition coefficient (Wildman–Crippen LogP) is 2.57. The van der Waals surface area contributed by atoms with E-state index in [4.69, 9.17) is 11.6 Å². The van der Waals surface area contributed by atoms with E-state index in [-0.39, 0.29) is 11.3 Å². The van der Waals surface area contributed by atoms with Gasteiger partial charge in [0.25, 0.3) is 0 Å². The number of amides is 1. The molecule has 76 valence electrons. The summed E-state index contributed by atoms with van der Waals surface area (Å²) in [5, 5.41) is 4.99. The number of carbonyl (C=O) groups excluding carboxylic acids is 1. The van der Waals surface area contributed by atoms with E-state index < -0.39 is 0 Å². The van der Waals surface area contributed by atoms with Crippen molar-refractivity contribution in [3.63, 3.8) is 0 Å². The first-order chi connectivity index (χ1) is 6.60. The number of rotatable bonds is 1. The molecule has 0 saturated carbocycles. The molecule has 1 N–H and O–H groups in total. The molecule has 1 aromatic rings. The second-order valence-corrected chi connectivity index (χ2v) is 5.52. The normalized spacial score (nSPS) is 27.4. The third kappa shape index (κ3) is 1.79. The molecular weight excluding hydrogens is 218 g/mol. The van der Waals surface area contributed by atoms with Crippen LogP contribution < -0.4 is 5.32 Å². The summed E-state index contributed by atoms with van der Waals surface area (Å²) in [6, 6.07) is 2.00.